The van der Waals surface area contributed by atoms with E-state index in [-0.39, 0.29) is 37.2 Å². The maximum absolute atomic E-state index is 12.6. The van der Waals surface area contributed by atoms with Crippen LogP contribution in [0.3, 0.4) is 0 Å². The summed E-state index contributed by atoms with van der Waals surface area (Å²) in [5.74, 6) is -1.16. The van der Waals surface area contributed by atoms with Gasteiger partial charge in [0.05, 0.1) is 0 Å². The monoisotopic (exact) mass is 365 g/mol. The standard InChI is InChI=1S/C18H27N3O5/c22-14(20-11-4-1-5-13(20)6-7-15(23)24)8-12-21-16(25)18(19-17(21)26)9-2-3-10-18/h13H,1-12H2,(H,19,26)(H,23,24). The zero-order chi connectivity index (χ0) is 18.7. The van der Waals surface area contributed by atoms with E-state index in [2.05, 4.69) is 5.32 Å². The van der Waals surface area contributed by atoms with Gasteiger partial charge in [-0.15, -0.1) is 0 Å². The number of nitrogens with zero attached hydrogens (tertiary/aromatic N) is 2. The van der Waals surface area contributed by atoms with Crippen molar-refractivity contribution in [3.63, 3.8) is 0 Å². The molecule has 1 spiro atoms. The third-order valence-corrected chi connectivity index (χ3v) is 5.89. The summed E-state index contributed by atoms with van der Waals surface area (Å²) in [5, 5.41) is 11.7. The molecule has 2 N–H and O–H groups in total. The van der Waals surface area contributed by atoms with Crippen LogP contribution in [0.5, 0.6) is 0 Å². The molecule has 1 aliphatic carbocycles. The molecule has 3 aliphatic rings. The highest BCUT2D eigenvalue weighted by Crippen LogP contribution is 2.35. The maximum Gasteiger partial charge on any atom is 0.325 e. The topological polar surface area (TPSA) is 107 Å². The van der Waals surface area contributed by atoms with E-state index >= 15 is 0 Å². The minimum absolute atomic E-state index is 0.0456. The SMILES string of the molecule is O=C(O)CCC1CCCCN1C(=O)CCN1C(=O)NC2(CCCC2)C1=O. The number of hydrogen-bond acceptors (Lipinski definition) is 4. The van der Waals surface area contributed by atoms with Gasteiger partial charge in [0.15, 0.2) is 0 Å². The Labute approximate surface area is 152 Å². The summed E-state index contributed by atoms with van der Waals surface area (Å²) in [7, 11) is 0. The fourth-order valence-electron chi connectivity index (χ4n) is 4.47. The molecule has 3 fully saturated rings. The summed E-state index contributed by atoms with van der Waals surface area (Å²) in [6.45, 7) is 0.709. The number of imide groups is 1. The number of piperidine rings is 1. The largest absolute Gasteiger partial charge is 0.481 e. The third kappa shape index (κ3) is 3.68. The predicted octanol–water partition coefficient (Wildman–Crippen LogP) is 1.49. The molecule has 26 heavy (non-hydrogen) atoms. The Kier molecular flexibility index (Phi) is 5.48. The van der Waals surface area contributed by atoms with Crippen molar-refractivity contribution in [2.24, 2.45) is 0 Å². The van der Waals surface area contributed by atoms with E-state index in [1.54, 1.807) is 4.90 Å². The van der Waals surface area contributed by atoms with E-state index in [1.165, 1.54) is 4.90 Å². The van der Waals surface area contributed by atoms with Crippen LogP contribution in [0, 0.1) is 0 Å². The van der Waals surface area contributed by atoms with Gasteiger partial charge in [0, 0.05) is 32.0 Å². The summed E-state index contributed by atoms with van der Waals surface area (Å²) in [5.41, 5.74) is -0.741. The van der Waals surface area contributed by atoms with Crippen LogP contribution in [-0.4, -0.2) is 63.4 Å². The van der Waals surface area contributed by atoms with Crippen LogP contribution in [0.15, 0.2) is 0 Å². The minimum Gasteiger partial charge on any atom is -0.481 e. The van der Waals surface area contributed by atoms with Crippen molar-refractivity contribution < 1.29 is 24.3 Å². The normalized spacial score (nSPS) is 25.0. The Morgan fingerprint density at radius 2 is 1.85 bits per heavy atom. The fourth-order valence-corrected chi connectivity index (χ4v) is 4.47. The van der Waals surface area contributed by atoms with Crippen LogP contribution < -0.4 is 5.32 Å². The van der Waals surface area contributed by atoms with Crippen LogP contribution in [0.1, 0.15) is 64.2 Å². The zero-order valence-electron chi connectivity index (χ0n) is 15.0. The van der Waals surface area contributed by atoms with Gasteiger partial charge in [-0.25, -0.2) is 4.79 Å². The van der Waals surface area contributed by atoms with E-state index < -0.39 is 17.5 Å². The molecule has 0 bridgehead atoms. The van der Waals surface area contributed by atoms with Crippen LogP contribution in [0.2, 0.25) is 0 Å². The highest BCUT2D eigenvalue weighted by molar-refractivity contribution is 6.07. The number of hydrogen-bond donors (Lipinski definition) is 2. The number of urea groups is 1. The van der Waals surface area contributed by atoms with Crippen molar-refractivity contribution in [1.29, 1.82) is 0 Å². The van der Waals surface area contributed by atoms with Gasteiger partial charge in [0.2, 0.25) is 5.91 Å². The molecule has 0 aromatic carbocycles. The van der Waals surface area contributed by atoms with Gasteiger partial charge in [-0.2, -0.15) is 0 Å². The van der Waals surface area contributed by atoms with Crippen molar-refractivity contribution in [3.8, 4) is 0 Å². The van der Waals surface area contributed by atoms with Gasteiger partial charge in [-0.05, 0) is 38.5 Å². The molecule has 1 atom stereocenters. The first-order chi connectivity index (χ1) is 12.4. The molecular formula is C18H27N3O5. The minimum atomic E-state index is -0.857. The molecule has 2 saturated heterocycles. The third-order valence-electron chi connectivity index (χ3n) is 5.89. The Morgan fingerprint density at radius 1 is 1.12 bits per heavy atom. The van der Waals surface area contributed by atoms with Gasteiger partial charge in [0.1, 0.15) is 5.54 Å². The van der Waals surface area contributed by atoms with E-state index in [1.807, 2.05) is 0 Å². The fraction of sp³-hybridized carbons (Fsp3) is 0.778. The number of likely N-dealkylation sites (tertiary alicyclic amines) is 1. The van der Waals surface area contributed by atoms with E-state index in [4.69, 9.17) is 5.11 Å². The smallest absolute Gasteiger partial charge is 0.325 e. The van der Waals surface area contributed by atoms with Gasteiger partial charge in [-0.3, -0.25) is 19.3 Å². The van der Waals surface area contributed by atoms with Crippen molar-refractivity contribution in [2.75, 3.05) is 13.1 Å². The molecule has 0 radical (unpaired) electrons. The molecule has 4 amide bonds. The number of aliphatic carboxylic acids is 1. The first-order valence-electron chi connectivity index (χ1n) is 9.58. The van der Waals surface area contributed by atoms with Crippen LogP contribution in [-0.2, 0) is 14.4 Å². The Bertz CT molecular complexity index is 600. The molecule has 8 heteroatoms. The lowest BCUT2D eigenvalue weighted by molar-refractivity contribution is -0.140. The number of rotatable bonds is 6. The Balaban J connectivity index is 1.56. The van der Waals surface area contributed by atoms with Crippen LogP contribution in [0.4, 0.5) is 4.79 Å². The molecule has 2 heterocycles. The Morgan fingerprint density at radius 3 is 2.54 bits per heavy atom. The number of amides is 4. The Hall–Kier alpha value is -2.12. The summed E-state index contributed by atoms with van der Waals surface area (Å²) in [4.78, 5) is 51.2. The number of carboxylic acid groups (broad SMARTS) is 1. The van der Waals surface area contributed by atoms with E-state index in [0.29, 0.717) is 25.8 Å². The first kappa shape index (κ1) is 18.7. The predicted molar refractivity (Wildman–Crippen MR) is 92.3 cm³/mol. The van der Waals surface area contributed by atoms with E-state index in [9.17, 15) is 19.2 Å². The molecule has 1 saturated carbocycles. The summed E-state index contributed by atoms with van der Waals surface area (Å²) in [6.07, 6.45) is 6.50. The van der Waals surface area contributed by atoms with Crippen LogP contribution >= 0.6 is 0 Å². The lowest BCUT2D eigenvalue weighted by Gasteiger charge is -2.36. The molecule has 0 aromatic rings. The van der Waals surface area contributed by atoms with Gasteiger partial charge in [-0.1, -0.05) is 12.8 Å². The number of nitrogens with one attached hydrogen (secondary N) is 1. The number of carbonyl (C=O) groups is 4. The quantitative estimate of drug-likeness (QED) is 0.694. The second kappa shape index (κ2) is 7.63. The number of carboxylic acids is 1. The zero-order valence-corrected chi connectivity index (χ0v) is 15.0. The van der Waals surface area contributed by atoms with Crippen molar-refractivity contribution in [3.05, 3.63) is 0 Å². The lowest BCUT2D eigenvalue weighted by atomic mass is 9.97. The number of carbonyl (C=O) groups excluding carboxylic acids is 3. The summed E-state index contributed by atoms with van der Waals surface area (Å²) in [6, 6.07) is -0.456. The molecule has 3 rings (SSSR count). The molecule has 1 unspecified atom stereocenters. The highest BCUT2D eigenvalue weighted by atomic mass is 16.4. The van der Waals surface area contributed by atoms with E-state index in [0.717, 1.165) is 32.1 Å². The van der Waals surface area contributed by atoms with Crippen molar-refractivity contribution in [1.82, 2.24) is 15.1 Å². The highest BCUT2D eigenvalue weighted by Gasteiger charge is 2.52. The maximum atomic E-state index is 12.6. The first-order valence-corrected chi connectivity index (χ1v) is 9.58. The van der Waals surface area contributed by atoms with Crippen molar-refractivity contribution >= 4 is 23.8 Å². The van der Waals surface area contributed by atoms with Gasteiger partial charge < -0.3 is 15.3 Å². The van der Waals surface area contributed by atoms with Crippen molar-refractivity contribution in [2.45, 2.75) is 75.8 Å². The molecule has 144 valence electrons. The average molecular weight is 365 g/mol. The van der Waals surface area contributed by atoms with Gasteiger partial charge >= 0.3 is 12.0 Å². The lowest BCUT2D eigenvalue weighted by Crippen LogP contribution is -2.46. The molecular weight excluding hydrogens is 338 g/mol. The summed E-state index contributed by atoms with van der Waals surface area (Å²) >= 11 is 0. The molecule has 2 aliphatic heterocycles. The second-order valence-corrected chi connectivity index (χ2v) is 7.60. The van der Waals surface area contributed by atoms with Crippen LogP contribution in [0.25, 0.3) is 0 Å². The average Bonchev–Trinajstić information content (AvgIpc) is 3.17. The molecule has 8 nitrogen and oxygen atoms in total. The van der Waals surface area contributed by atoms with Gasteiger partial charge in [0.25, 0.3) is 5.91 Å². The molecule has 0 aromatic heterocycles. The summed E-state index contributed by atoms with van der Waals surface area (Å²) < 4.78 is 0. The second-order valence-electron chi connectivity index (χ2n) is 7.60.